The minimum absolute atomic E-state index is 0.412. The molecule has 1 aliphatic carbocycles. The summed E-state index contributed by atoms with van der Waals surface area (Å²) < 4.78 is 0. The van der Waals surface area contributed by atoms with Gasteiger partial charge in [-0.05, 0) is 39.5 Å². The summed E-state index contributed by atoms with van der Waals surface area (Å²) in [6, 6.07) is 0.981. The monoisotopic (exact) mass is 208 g/mol. The Morgan fingerprint density at radius 3 is 2.47 bits per heavy atom. The number of hydrogen-bond acceptors (Lipinski definition) is 3. The van der Waals surface area contributed by atoms with Crippen LogP contribution in [0.15, 0.2) is 0 Å². The fourth-order valence-corrected chi connectivity index (χ4v) is 2.23. The van der Waals surface area contributed by atoms with Gasteiger partial charge >= 0.3 is 0 Å². The molecule has 0 saturated heterocycles. The van der Waals surface area contributed by atoms with Crippen LogP contribution in [0.3, 0.4) is 0 Å². The first-order valence-electron chi connectivity index (χ1n) is 5.70. The van der Waals surface area contributed by atoms with Crippen molar-refractivity contribution in [3.05, 3.63) is 11.4 Å². The topological polar surface area (TPSA) is 66.7 Å². The van der Waals surface area contributed by atoms with E-state index in [9.17, 15) is 0 Å². The first kappa shape index (κ1) is 10.5. The van der Waals surface area contributed by atoms with E-state index >= 15 is 0 Å². The number of aryl methyl sites for hydroxylation is 2. The number of aromatic nitrogens is 2. The molecular weight excluding hydrogens is 188 g/mol. The van der Waals surface area contributed by atoms with Gasteiger partial charge in [-0.2, -0.15) is 5.10 Å². The zero-order chi connectivity index (χ0) is 10.8. The van der Waals surface area contributed by atoms with Gasteiger partial charge < -0.3 is 11.1 Å². The van der Waals surface area contributed by atoms with Crippen LogP contribution in [-0.4, -0.2) is 22.3 Å². The van der Waals surface area contributed by atoms with Crippen molar-refractivity contribution in [2.45, 2.75) is 51.6 Å². The molecule has 0 unspecified atom stereocenters. The van der Waals surface area contributed by atoms with Crippen LogP contribution in [-0.2, 0) is 0 Å². The van der Waals surface area contributed by atoms with Crippen molar-refractivity contribution in [3.8, 4) is 0 Å². The molecule has 1 aromatic heterocycles. The van der Waals surface area contributed by atoms with E-state index in [1.54, 1.807) is 0 Å². The van der Waals surface area contributed by atoms with E-state index < -0.39 is 0 Å². The van der Waals surface area contributed by atoms with E-state index in [1.165, 1.54) is 18.5 Å². The molecule has 4 N–H and O–H groups in total. The van der Waals surface area contributed by atoms with Crippen molar-refractivity contribution in [3.63, 3.8) is 0 Å². The van der Waals surface area contributed by atoms with Crippen LogP contribution in [0.5, 0.6) is 0 Å². The van der Waals surface area contributed by atoms with Crippen LogP contribution >= 0.6 is 0 Å². The van der Waals surface area contributed by atoms with Gasteiger partial charge in [0.15, 0.2) is 0 Å². The Hall–Kier alpha value is -1.03. The van der Waals surface area contributed by atoms with Crippen LogP contribution in [0.25, 0.3) is 0 Å². The average Bonchev–Trinajstić information content (AvgIpc) is 2.53. The molecule has 1 aliphatic rings. The number of H-pyrrole nitrogens is 1. The van der Waals surface area contributed by atoms with E-state index in [0.717, 1.165) is 24.2 Å². The van der Waals surface area contributed by atoms with E-state index in [2.05, 4.69) is 22.4 Å². The minimum atomic E-state index is 0.412. The number of anilines is 1. The van der Waals surface area contributed by atoms with Gasteiger partial charge in [0.05, 0.1) is 17.1 Å². The second-order valence-corrected chi connectivity index (χ2v) is 4.57. The lowest BCUT2D eigenvalue weighted by molar-refractivity contribution is 0.411. The minimum Gasteiger partial charge on any atom is -0.379 e. The predicted octanol–water partition coefficient (Wildman–Crippen LogP) is 1.71. The fraction of sp³-hybridized carbons (Fsp3) is 0.727. The Labute approximate surface area is 90.6 Å². The first-order chi connectivity index (χ1) is 7.16. The predicted molar refractivity (Wildman–Crippen MR) is 61.9 cm³/mol. The summed E-state index contributed by atoms with van der Waals surface area (Å²) in [6.45, 7) is 4.08. The Morgan fingerprint density at radius 1 is 1.27 bits per heavy atom. The number of nitrogens with zero attached hydrogens (tertiary/aromatic N) is 1. The van der Waals surface area contributed by atoms with E-state index in [4.69, 9.17) is 5.73 Å². The summed E-state index contributed by atoms with van der Waals surface area (Å²) >= 11 is 0. The molecular formula is C11H20N4. The molecule has 1 aromatic rings. The highest BCUT2D eigenvalue weighted by molar-refractivity contribution is 5.52. The maximum absolute atomic E-state index is 5.88. The van der Waals surface area contributed by atoms with Crippen molar-refractivity contribution < 1.29 is 0 Å². The summed E-state index contributed by atoms with van der Waals surface area (Å²) in [6.07, 6.45) is 4.61. The highest BCUT2D eigenvalue weighted by atomic mass is 15.2. The van der Waals surface area contributed by atoms with Gasteiger partial charge in [-0.1, -0.05) is 0 Å². The second kappa shape index (κ2) is 4.23. The van der Waals surface area contributed by atoms with E-state index in [-0.39, 0.29) is 0 Å². The standard InChI is InChI=1S/C11H20N4/c1-7-11(8(2)15-14-7)13-10-5-3-9(12)4-6-10/h9-10,13H,3-6,12H2,1-2H3,(H,14,15). The summed E-state index contributed by atoms with van der Waals surface area (Å²) in [5.41, 5.74) is 9.25. The largest absolute Gasteiger partial charge is 0.379 e. The molecule has 84 valence electrons. The highest BCUT2D eigenvalue weighted by Crippen LogP contribution is 2.24. The summed E-state index contributed by atoms with van der Waals surface area (Å²) in [5, 5.41) is 10.8. The molecule has 2 rings (SSSR count). The number of nitrogens with two attached hydrogens (primary N) is 1. The smallest absolute Gasteiger partial charge is 0.0825 e. The molecule has 0 aromatic carbocycles. The Morgan fingerprint density at radius 2 is 1.93 bits per heavy atom. The van der Waals surface area contributed by atoms with Gasteiger partial charge in [0.2, 0.25) is 0 Å². The molecule has 1 saturated carbocycles. The quantitative estimate of drug-likeness (QED) is 0.693. The van der Waals surface area contributed by atoms with Gasteiger partial charge in [0, 0.05) is 12.1 Å². The number of rotatable bonds is 2. The molecule has 1 heterocycles. The number of nitrogens with one attached hydrogen (secondary N) is 2. The second-order valence-electron chi connectivity index (χ2n) is 4.57. The van der Waals surface area contributed by atoms with Crippen LogP contribution in [0, 0.1) is 13.8 Å². The first-order valence-corrected chi connectivity index (χ1v) is 5.70. The van der Waals surface area contributed by atoms with Crippen LogP contribution < -0.4 is 11.1 Å². The van der Waals surface area contributed by atoms with Gasteiger partial charge in [-0.3, -0.25) is 5.10 Å². The Balaban J connectivity index is 1.97. The Bertz CT molecular complexity index is 304. The van der Waals surface area contributed by atoms with Crippen LogP contribution in [0.1, 0.15) is 37.1 Å². The molecule has 1 fully saturated rings. The van der Waals surface area contributed by atoms with Crippen molar-refractivity contribution in [1.29, 1.82) is 0 Å². The number of aromatic amines is 1. The molecule has 0 spiro atoms. The van der Waals surface area contributed by atoms with Crippen molar-refractivity contribution >= 4 is 5.69 Å². The van der Waals surface area contributed by atoms with Gasteiger partial charge in [-0.25, -0.2) is 0 Å². The molecule has 0 bridgehead atoms. The van der Waals surface area contributed by atoms with Gasteiger partial charge in [-0.15, -0.1) is 0 Å². The molecule has 4 nitrogen and oxygen atoms in total. The fourth-order valence-electron chi connectivity index (χ4n) is 2.23. The normalized spacial score (nSPS) is 26.6. The zero-order valence-corrected chi connectivity index (χ0v) is 9.51. The van der Waals surface area contributed by atoms with Gasteiger partial charge in [0.25, 0.3) is 0 Å². The maximum atomic E-state index is 5.88. The molecule has 0 amide bonds. The molecule has 0 radical (unpaired) electrons. The van der Waals surface area contributed by atoms with Gasteiger partial charge in [0.1, 0.15) is 0 Å². The average molecular weight is 208 g/mol. The lowest BCUT2D eigenvalue weighted by atomic mass is 9.91. The third kappa shape index (κ3) is 2.31. The van der Waals surface area contributed by atoms with Crippen molar-refractivity contribution in [2.75, 3.05) is 5.32 Å². The Kier molecular flexibility index (Phi) is 2.95. The summed E-state index contributed by atoms with van der Waals surface area (Å²) in [7, 11) is 0. The zero-order valence-electron chi connectivity index (χ0n) is 9.51. The third-order valence-electron chi connectivity index (χ3n) is 3.25. The number of hydrogen-bond donors (Lipinski definition) is 3. The van der Waals surface area contributed by atoms with Crippen molar-refractivity contribution in [1.82, 2.24) is 10.2 Å². The summed E-state index contributed by atoms with van der Waals surface area (Å²) in [4.78, 5) is 0. The van der Waals surface area contributed by atoms with E-state index in [0.29, 0.717) is 12.1 Å². The highest BCUT2D eigenvalue weighted by Gasteiger charge is 2.19. The molecule has 4 heteroatoms. The van der Waals surface area contributed by atoms with E-state index in [1.807, 2.05) is 6.92 Å². The third-order valence-corrected chi connectivity index (χ3v) is 3.25. The maximum Gasteiger partial charge on any atom is 0.0825 e. The summed E-state index contributed by atoms with van der Waals surface area (Å²) in [5.74, 6) is 0. The molecule has 0 aliphatic heterocycles. The van der Waals surface area contributed by atoms with Crippen LogP contribution in [0.2, 0.25) is 0 Å². The SMILES string of the molecule is Cc1n[nH]c(C)c1NC1CCC(N)CC1. The van der Waals surface area contributed by atoms with Crippen molar-refractivity contribution in [2.24, 2.45) is 5.73 Å². The lowest BCUT2D eigenvalue weighted by Crippen LogP contribution is -2.33. The van der Waals surface area contributed by atoms with Crippen LogP contribution in [0.4, 0.5) is 5.69 Å². The molecule has 0 atom stereocenters. The molecule has 15 heavy (non-hydrogen) atoms. The lowest BCUT2D eigenvalue weighted by Gasteiger charge is -2.27.